The fourth-order valence-corrected chi connectivity index (χ4v) is 3.14. The molecule has 4 rings (SSSR count). The van der Waals surface area contributed by atoms with Crippen molar-refractivity contribution in [2.75, 3.05) is 0 Å². The average Bonchev–Trinajstić information content (AvgIpc) is 3.30. The highest BCUT2D eigenvalue weighted by atomic mass is 79.9. The number of rotatable bonds is 5. The molecule has 0 fully saturated rings. The zero-order valence-corrected chi connectivity index (χ0v) is 15.2. The number of hydrogen-bond acceptors (Lipinski definition) is 7. The molecule has 0 unspecified atom stereocenters. The van der Waals surface area contributed by atoms with Gasteiger partial charge in [0.2, 0.25) is 17.7 Å². The minimum atomic E-state index is 0.453. The summed E-state index contributed by atoms with van der Waals surface area (Å²) in [7, 11) is 0. The molecular formula is C17H11BrN4O2S. The third-order valence-electron chi connectivity index (χ3n) is 3.28. The predicted molar refractivity (Wildman–Crippen MR) is 96.7 cm³/mol. The van der Waals surface area contributed by atoms with Gasteiger partial charge in [-0.15, -0.1) is 20.4 Å². The Morgan fingerprint density at radius 2 is 1.56 bits per heavy atom. The lowest BCUT2D eigenvalue weighted by Crippen LogP contribution is -1.80. The van der Waals surface area contributed by atoms with E-state index < -0.39 is 0 Å². The van der Waals surface area contributed by atoms with Gasteiger partial charge in [-0.25, -0.2) is 0 Å². The first-order valence-corrected chi connectivity index (χ1v) is 9.16. The topological polar surface area (TPSA) is 77.8 Å². The maximum Gasteiger partial charge on any atom is 0.277 e. The van der Waals surface area contributed by atoms with Crippen molar-refractivity contribution in [2.45, 2.75) is 11.0 Å². The number of thioether (sulfide) groups is 1. The monoisotopic (exact) mass is 414 g/mol. The van der Waals surface area contributed by atoms with E-state index in [4.69, 9.17) is 8.83 Å². The maximum absolute atomic E-state index is 5.67. The molecule has 0 N–H and O–H groups in total. The summed E-state index contributed by atoms with van der Waals surface area (Å²) < 4.78 is 12.3. The SMILES string of the molecule is Brc1cccc(-c2nnc(SCc3nnc(-c4ccccc4)o3)o2)c1. The van der Waals surface area contributed by atoms with Gasteiger partial charge >= 0.3 is 0 Å². The molecule has 2 aromatic heterocycles. The molecule has 25 heavy (non-hydrogen) atoms. The van der Waals surface area contributed by atoms with Gasteiger partial charge in [0.1, 0.15) is 0 Å². The van der Waals surface area contributed by atoms with E-state index in [0.717, 1.165) is 15.6 Å². The average molecular weight is 415 g/mol. The minimum absolute atomic E-state index is 0.453. The summed E-state index contributed by atoms with van der Waals surface area (Å²) in [6.45, 7) is 0. The fraction of sp³-hybridized carbons (Fsp3) is 0.0588. The second-order valence-electron chi connectivity index (χ2n) is 5.04. The third-order valence-corrected chi connectivity index (χ3v) is 4.58. The maximum atomic E-state index is 5.67. The number of benzene rings is 2. The Balaban J connectivity index is 1.43. The Labute approximate surface area is 155 Å². The summed E-state index contributed by atoms with van der Waals surface area (Å²) in [5.41, 5.74) is 1.75. The zero-order chi connectivity index (χ0) is 17.1. The standard InChI is InChI=1S/C17H11BrN4O2S/c18-13-8-4-7-12(9-13)16-21-22-17(24-16)25-10-14-19-20-15(23-14)11-5-2-1-3-6-11/h1-9H,10H2. The molecule has 2 heterocycles. The molecule has 0 bridgehead atoms. The molecule has 6 nitrogen and oxygen atoms in total. The second-order valence-corrected chi connectivity index (χ2v) is 6.88. The van der Waals surface area contributed by atoms with Gasteiger partial charge in [-0.05, 0) is 30.3 Å². The van der Waals surface area contributed by atoms with Crippen molar-refractivity contribution < 1.29 is 8.83 Å². The van der Waals surface area contributed by atoms with Gasteiger partial charge in [0.25, 0.3) is 5.22 Å². The Hall–Kier alpha value is -2.45. The molecule has 0 spiro atoms. The summed E-state index contributed by atoms with van der Waals surface area (Å²) in [5, 5.41) is 16.7. The van der Waals surface area contributed by atoms with Crippen LogP contribution in [-0.4, -0.2) is 20.4 Å². The van der Waals surface area contributed by atoms with E-state index in [2.05, 4.69) is 36.3 Å². The Kier molecular flexibility index (Phi) is 4.62. The highest BCUT2D eigenvalue weighted by Crippen LogP contribution is 2.27. The number of nitrogens with zero attached hydrogens (tertiary/aromatic N) is 4. The molecule has 0 aliphatic heterocycles. The first-order valence-electron chi connectivity index (χ1n) is 7.38. The van der Waals surface area contributed by atoms with Gasteiger partial charge in [0, 0.05) is 15.6 Å². The van der Waals surface area contributed by atoms with Crippen molar-refractivity contribution in [3.05, 3.63) is 65.0 Å². The van der Waals surface area contributed by atoms with Crippen LogP contribution in [0.2, 0.25) is 0 Å². The molecular weight excluding hydrogens is 404 g/mol. The van der Waals surface area contributed by atoms with Crippen LogP contribution < -0.4 is 0 Å². The summed E-state index contributed by atoms with van der Waals surface area (Å²) >= 11 is 4.78. The molecule has 0 saturated heterocycles. The normalized spacial score (nSPS) is 10.9. The minimum Gasteiger partial charge on any atom is -0.420 e. The van der Waals surface area contributed by atoms with Crippen molar-refractivity contribution in [1.82, 2.24) is 20.4 Å². The number of halogens is 1. The van der Waals surface area contributed by atoms with Crippen LogP contribution in [0.15, 0.2) is 73.1 Å². The Bertz CT molecular complexity index is 987. The molecule has 8 heteroatoms. The molecule has 0 aliphatic carbocycles. The summed E-state index contributed by atoms with van der Waals surface area (Å²) in [4.78, 5) is 0. The third kappa shape index (κ3) is 3.80. The van der Waals surface area contributed by atoms with Crippen LogP contribution >= 0.6 is 27.7 Å². The summed E-state index contributed by atoms with van der Waals surface area (Å²) in [6, 6.07) is 17.3. The number of aromatic nitrogens is 4. The van der Waals surface area contributed by atoms with Crippen molar-refractivity contribution in [3.63, 3.8) is 0 Å². The second kappa shape index (κ2) is 7.20. The van der Waals surface area contributed by atoms with Crippen molar-refractivity contribution >= 4 is 27.7 Å². The van der Waals surface area contributed by atoms with Crippen LogP contribution in [0.5, 0.6) is 0 Å². The zero-order valence-electron chi connectivity index (χ0n) is 12.8. The number of hydrogen-bond donors (Lipinski definition) is 0. The fourth-order valence-electron chi connectivity index (χ4n) is 2.14. The van der Waals surface area contributed by atoms with Crippen LogP contribution in [0.25, 0.3) is 22.9 Å². The van der Waals surface area contributed by atoms with Gasteiger partial charge in [0.15, 0.2) is 0 Å². The smallest absolute Gasteiger partial charge is 0.277 e. The van der Waals surface area contributed by atoms with E-state index in [1.54, 1.807) is 0 Å². The first-order chi connectivity index (χ1) is 12.3. The van der Waals surface area contributed by atoms with Crippen LogP contribution in [0.3, 0.4) is 0 Å². The van der Waals surface area contributed by atoms with Gasteiger partial charge in [-0.3, -0.25) is 0 Å². The lowest BCUT2D eigenvalue weighted by Gasteiger charge is -1.95. The molecule has 0 atom stereocenters. The van der Waals surface area contributed by atoms with E-state index in [1.807, 2.05) is 54.6 Å². The van der Waals surface area contributed by atoms with E-state index in [0.29, 0.717) is 28.6 Å². The summed E-state index contributed by atoms with van der Waals surface area (Å²) in [6.07, 6.45) is 0. The quantitative estimate of drug-likeness (QED) is 0.432. The van der Waals surface area contributed by atoms with Crippen molar-refractivity contribution in [1.29, 1.82) is 0 Å². The lowest BCUT2D eigenvalue weighted by molar-refractivity contribution is 0.464. The van der Waals surface area contributed by atoms with Crippen molar-refractivity contribution in [2.24, 2.45) is 0 Å². The highest BCUT2D eigenvalue weighted by molar-refractivity contribution is 9.10. The van der Waals surface area contributed by atoms with E-state index in [9.17, 15) is 0 Å². The van der Waals surface area contributed by atoms with Gasteiger partial charge < -0.3 is 8.83 Å². The van der Waals surface area contributed by atoms with E-state index >= 15 is 0 Å². The molecule has 0 amide bonds. The van der Waals surface area contributed by atoms with Gasteiger partial charge in [-0.2, -0.15) is 0 Å². The van der Waals surface area contributed by atoms with Gasteiger partial charge in [0.05, 0.1) is 5.75 Å². The van der Waals surface area contributed by atoms with E-state index in [-0.39, 0.29) is 0 Å². The van der Waals surface area contributed by atoms with Crippen LogP contribution in [-0.2, 0) is 5.75 Å². The molecule has 0 aliphatic rings. The highest BCUT2D eigenvalue weighted by Gasteiger charge is 2.13. The first kappa shape index (κ1) is 16.0. The summed E-state index contributed by atoms with van der Waals surface area (Å²) in [5.74, 6) is 1.93. The predicted octanol–water partition coefficient (Wildman–Crippen LogP) is 4.84. The Morgan fingerprint density at radius 3 is 2.40 bits per heavy atom. The van der Waals surface area contributed by atoms with Crippen molar-refractivity contribution in [3.8, 4) is 22.9 Å². The van der Waals surface area contributed by atoms with Crippen LogP contribution in [0.1, 0.15) is 5.89 Å². The molecule has 124 valence electrons. The molecule has 2 aromatic carbocycles. The largest absolute Gasteiger partial charge is 0.420 e. The van der Waals surface area contributed by atoms with Gasteiger partial charge in [-0.1, -0.05) is 52.0 Å². The molecule has 4 aromatic rings. The Morgan fingerprint density at radius 1 is 0.800 bits per heavy atom. The lowest BCUT2D eigenvalue weighted by atomic mass is 10.2. The molecule has 0 radical (unpaired) electrons. The van der Waals surface area contributed by atoms with Crippen LogP contribution in [0, 0.1) is 0 Å². The van der Waals surface area contributed by atoms with E-state index in [1.165, 1.54) is 11.8 Å². The molecule has 0 saturated carbocycles. The van der Waals surface area contributed by atoms with Crippen LogP contribution in [0.4, 0.5) is 0 Å².